The van der Waals surface area contributed by atoms with Crippen LogP contribution in [0.1, 0.15) is 21.0 Å². The lowest BCUT2D eigenvalue weighted by Gasteiger charge is -2.16. The summed E-state index contributed by atoms with van der Waals surface area (Å²) in [4.78, 5) is 32.0. The highest BCUT2D eigenvalue weighted by molar-refractivity contribution is 6.41. The van der Waals surface area contributed by atoms with Crippen LogP contribution in [0, 0.1) is 0 Å². The van der Waals surface area contributed by atoms with Gasteiger partial charge in [0.25, 0.3) is 5.91 Å². The molecule has 0 aliphatic carbocycles. The van der Waals surface area contributed by atoms with Crippen LogP contribution in [0.5, 0.6) is 11.5 Å². The molecule has 170 valence electrons. The Morgan fingerprint density at radius 2 is 1.70 bits per heavy atom. The molecular weight excluding hydrogens is 471 g/mol. The monoisotopic (exact) mass is 488 g/mol. The third-order valence-corrected chi connectivity index (χ3v) is 5.33. The van der Waals surface area contributed by atoms with Crippen molar-refractivity contribution in [2.24, 2.45) is 5.73 Å². The number of carboxylic acid groups (broad SMARTS) is 1. The fourth-order valence-corrected chi connectivity index (χ4v) is 3.79. The number of rotatable bonds is 5. The number of aromatic carboxylic acids is 1. The number of carboxylic acids is 1. The Hall–Kier alpha value is -3.82. The number of aromatic amines is 1. The summed E-state index contributed by atoms with van der Waals surface area (Å²) in [6.45, 7) is 0. The molecule has 0 spiro atoms. The molecule has 2 heterocycles. The highest BCUT2D eigenvalue weighted by atomic mass is 35.5. The summed E-state index contributed by atoms with van der Waals surface area (Å²) < 4.78 is 10.6. The van der Waals surface area contributed by atoms with Crippen molar-refractivity contribution < 1.29 is 24.2 Å². The van der Waals surface area contributed by atoms with E-state index in [9.17, 15) is 14.7 Å². The second kappa shape index (κ2) is 10.2. The van der Waals surface area contributed by atoms with Crippen LogP contribution >= 0.6 is 23.2 Å². The summed E-state index contributed by atoms with van der Waals surface area (Å²) >= 11 is 13.0. The van der Waals surface area contributed by atoms with Crippen LogP contribution in [0.15, 0.2) is 48.9 Å². The van der Waals surface area contributed by atoms with Gasteiger partial charge >= 0.3 is 5.97 Å². The predicted octanol–water partition coefficient (Wildman–Crippen LogP) is 4.43. The Morgan fingerprint density at radius 1 is 1.03 bits per heavy atom. The summed E-state index contributed by atoms with van der Waals surface area (Å²) in [5.74, 6) is -0.592. The molecule has 0 fully saturated rings. The summed E-state index contributed by atoms with van der Waals surface area (Å²) in [6, 6.07) is 8.21. The first kappa shape index (κ1) is 23.8. The summed E-state index contributed by atoms with van der Waals surface area (Å²) in [6.07, 6.45) is 4.55. The van der Waals surface area contributed by atoms with Gasteiger partial charge in [0.2, 0.25) is 0 Å². The molecule has 0 unspecified atom stereocenters. The van der Waals surface area contributed by atoms with Crippen molar-refractivity contribution in [2.75, 3.05) is 14.2 Å². The molecule has 4 aromatic rings. The third kappa shape index (κ3) is 4.84. The van der Waals surface area contributed by atoms with Gasteiger partial charge in [0, 0.05) is 35.6 Å². The molecule has 33 heavy (non-hydrogen) atoms. The smallest absolute Gasteiger partial charge is 0.337 e. The van der Waals surface area contributed by atoms with Crippen LogP contribution in [0.4, 0.5) is 0 Å². The molecule has 9 nitrogen and oxygen atoms in total. The number of nitrogens with one attached hydrogen (secondary N) is 1. The highest BCUT2D eigenvalue weighted by Gasteiger charge is 2.22. The summed E-state index contributed by atoms with van der Waals surface area (Å²) in [7, 11) is 2.98. The number of aromatic nitrogens is 3. The highest BCUT2D eigenvalue weighted by Crippen LogP contribution is 2.47. The van der Waals surface area contributed by atoms with Crippen molar-refractivity contribution in [3.05, 3.63) is 70.4 Å². The van der Waals surface area contributed by atoms with E-state index < -0.39 is 11.9 Å². The molecule has 0 saturated carbocycles. The van der Waals surface area contributed by atoms with Crippen LogP contribution < -0.4 is 15.2 Å². The molecule has 0 aliphatic rings. The van der Waals surface area contributed by atoms with E-state index in [0.29, 0.717) is 43.6 Å². The number of methoxy groups -OCH3 is 2. The van der Waals surface area contributed by atoms with Crippen molar-refractivity contribution in [1.82, 2.24) is 15.0 Å². The van der Waals surface area contributed by atoms with Gasteiger partial charge in [0.1, 0.15) is 11.5 Å². The number of hydrogen-bond donors (Lipinski definition) is 3. The molecule has 4 rings (SSSR count). The minimum absolute atomic E-state index is 0.0986. The van der Waals surface area contributed by atoms with Crippen molar-refractivity contribution >= 4 is 46.0 Å². The first-order chi connectivity index (χ1) is 15.8. The Labute approximate surface area is 198 Å². The van der Waals surface area contributed by atoms with Gasteiger partial charge < -0.3 is 25.3 Å². The number of nitrogens with zero attached hydrogens (tertiary/aromatic N) is 2. The predicted molar refractivity (Wildman–Crippen MR) is 124 cm³/mol. The maximum absolute atomic E-state index is 11.5. The average Bonchev–Trinajstić information content (AvgIpc) is 3.35. The average molecular weight is 489 g/mol. The fourth-order valence-electron chi connectivity index (χ4n) is 3.09. The summed E-state index contributed by atoms with van der Waals surface area (Å²) in [5.41, 5.74) is 6.41. The Balaban J connectivity index is 0.000000323. The number of amides is 1. The van der Waals surface area contributed by atoms with E-state index in [-0.39, 0.29) is 11.4 Å². The van der Waals surface area contributed by atoms with Gasteiger partial charge in [0.05, 0.1) is 35.3 Å². The number of halogens is 2. The van der Waals surface area contributed by atoms with Crippen molar-refractivity contribution in [3.63, 3.8) is 0 Å². The summed E-state index contributed by atoms with van der Waals surface area (Å²) in [5, 5.41) is 10.6. The minimum atomic E-state index is -1.06. The largest absolute Gasteiger partial charge is 0.495 e. The number of carbonyl (C=O) groups is 2. The van der Waals surface area contributed by atoms with E-state index in [0.717, 1.165) is 0 Å². The van der Waals surface area contributed by atoms with Gasteiger partial charge in [-0.2, -0.15) is 0 Å². The number of benzene rings is 2. The molecule has 0 saturated heterocycles. The second-order valence-corrected chi connectivity index (χ2v) is 7.21. The number of carbonyl (C=O) groups excluding carboxylic acids is 1. The van der Waals surface area contributed by atoms with Crippen molar-refractivity contribution in [1.29, 1.82) is 0 Å². The number of fused-ring (bicyclic) bond motifs is 1. The van der Waals surface area contributed by atoms with E-state index in [2.05, 4.69) is 15.0 Å². The standard InChI is InChI=1S/C18H13Cl2NO4.C4H5N3O/c1-24-12-8-13(25-2)16(20)14(15(12)19)9-5-6-11(18(22)23)17-10(9)4-3-7-21-17;5-3(8)4-6-1-2-7-4/h3-8H,1-2H3,(H,22,23);1-2H,(H2,5,8)(H,6,7). The van der Waals surface area contributed by atoms with Gasteiger partial charge in [-0.25, -0.2) is 9.78 Å². The molecule has 0 atom stereocenters. The Kier molecular flexibility index (Phi) is 7.37. The number of H-pyrrole nitrogens is 1. The van der Waals surface area contributed by atoms with Crippen LogP contribution in [0.2, 0.25) is 10.0 Å². The third-order valence-electron chi connectivity index (χ3n) is 4.57. The number of imidazole rings is 1. The maximum atomic E-state index is 11.5. The van der Waals surface area contributed by atoms with E-state index in [4.69, 9.17) is 38.4 Å². The number of nitrogens with two attached hydrogens (primary N) is 1. The quantitative estimate of drug-likeness (QED) is 0.377. The van der Waals surface area contributed by atoms with Gasteiger partial charge in [0.15, 0.2) is 5.82 Å². The van der Waals surface area contributed by atoms with Gasteiger partial charge in [-0.3, -0.25) is 9.78 Å². The van der Waals surface area contributed by atoms with E-state index in [1.165, 1.54) is 32.7 Å². The molecule has 11 heteroatoms. The molecule has 1 amide bonds. The first-order valence-electron chi connectivity index (χ1n) is 9.30. The topological polar surface area (TPSA) is 140 Å². The molecule has 2 aromatic carbocycles. The van der Waals surface area contributed by atoms with Crippen LogP contribution in [0.25, 0.3) is 22.0 Å². The van der Waals surface area contributed by atoms with E-state index >= 15 is 0 Å². The van der Waals surface area contributed by atoms with Gasteiger partial charge in [-0.1, -0.05) is 35.3 Å². The lowest BCUT2D eigenvalue weighted by Crippen LogP contribution is -2.12. The molecule has 0 bridgehead atoms. The van der Waals surface area contributed by atoms with Gasteiger partial charge in [-0.15, -0.1) is 0 Å². The van der Waals surface area contributed by atoms with Crippen LogP contribution in [0.3, 0.4) is 0 Å². The number of primary amides is 1. The molecule has 0 radical (unpaired) electrons. The fraction of sp³-hybridized carbons (Fsp3) is 0.0909. The lowest BCUT2D eigenvalue weighted by molar-refractivity contribution is 0.0698. The minimum Gasteiger partial charge on any atom is -0.495 e. The van der Waals surface area contributed by atoms with Crippen LogP contribution in [-0.2, 0) is 0 Å². The molecule has 0 aliphatic heterocycles. The molecule has 2 aromatic heterocycles. The van der Waals surface area contributed by atoms with E-state index in [1.54, 1.807) is 30.5 Å². The van der Waals surface area contributed by atoms with Gasteiger partial charge in [-0.05, 0) is 17.7 Å². The zero-order valence-electron chi connectivity index (χ0n) is 17.4. The van der Waals surface area contributed by atoms with E-state index in [1.807, 2.05) is 0 Å². The number of pyridine rings is 1. The van der Waals surface area contributed by atoms with Crippen LogP contribution in [-0.4, -0.2) is 46.2 Å². The number of hydrogen-bond acceptors (Lipinski definition) is 6. The lowest BCUT2D eigenvalue weighted by atomic mass is 9.97. The molecular formula is C22H18Cl2N4O5. The first-order valence-corrected chi connectivity index (χ1v) is 10.1. The number of ether oxygens (including phenoxy) is 2. The Morgan fingerprint density at radius 3 is 2.18 bits per heavy atom. The zero-order valence-corrected chi connectivity index (χ0v) is 18.9. The second-order valence-electron chi connectivity index (χ2n) is 6.45. The Bertz CT molecular complexity index is 1300. The van der Waals surface area contributed by atoms with Crippen molar-refractivity contribution in [3.8, 4) is 22.6 Å². The maximum Gasteiger partial charge on any atom is 0.337 e. The van der Waals surface area contributed by atoms with Crippen molar-refractivity contribution in [2.45, 2.75) is 0 Å². The normalized spacial score (nSPS) is 10.3. The molecule has 4 N–H and O–H groups in total. The SMILES string of the molecule is COc1cc(OC)c(Cl)c(-c2ccc(C(=O)O)c3ncccc23)c1Cl.NC(=O)c1ncc[nH]1. The zero-order chi connectivity index (χ0) is 24.1.